The van der Waals surface area contributed by atoms with Crippen molar-refractivity contribution in [2.24, 2.45) is 0 Å². The van der Waals surface area contributed by atoms with E-state index in [1.54, 1.807) is 4.90 Å². The van der Waals surface area contributed by atoms with Crippen LogP contribution in [0.15, 0.2) is 42.5 Å². The third-order valence-corrected chi connectivity index (χ3v) is 3.55. The molecule has 1 amide bonds. The molecule has 0 fully saturated rings. The van der Waals surface area contributed by atoms with Crippen LogP contribution in [0.25, 0.3) is 0 Å². The van der Waals surface area contributed by atoms with Crippen molar-refractivity contribution in [3.8, 4) is 0 Å². The van der Waals surface area contributed by atoms with Gasteiger partial charge in [-0.2, -0.15) is 0 Å². The molecule has 0 radical (unpaired) electrons. The molecule has 3 rings (SSSR count). The van der Waals surface area contributed by atoms with Gasteiger partial charge in [0.05, 0.1) is 6.42 Å². The number of benzene rings is 2. The third-order valence-electron chi connectivity index (χ3n) is 3.55. The van der Waals surface area contributed by atoms with Gasteiger partial charge in [-0.25, -0.2) is 8.78 Å². The van der Waals surface area contributed by atoms with E-state index in [0.29, 0.717) is 6.54 Å². The first-order valence-electron chi connectivity index (χ1n) is 6.47. The second kappa shape index (κ2) is 5.04. The lowest BCUT2D eigenvalue weighted by atomic mass is 10.1. The van der Waals surface area contributed by atoms with Gasteiger partial charge in [-0.15, -0.1) is 0 Å². The van der Waals surface area contributed by atoms with Gasteiger partial charge in [0, 0.05) is 18.3 Å². The Labute approximate surface area is 115 Å². The average Bonchev–Trinajstić information content (AvgIpc) is 2.86. The molecule has 4 heteroatoms. The number of carbonyl (C=O) groups excluding carboxylic acids is 1. The number of para-hydroxylation sites is 1. The summed E-state index contributed by atoms with van der Waals surface area (Å²) in [7, 11) is 0. The SMILES string of the molecule is O=C(Cc1ccc(F)cc1F)N1CCc2ccccc21. The zero-order valence-electron chi connectivity index (χ0n) is 10.8. The molecule has 2 aromatic rings. The summed E-state index contributed by atoms with van der Waals surface area (Å²) in [6.07, 6.45) is 0.758. The van der Waals surface area contributed by atoms with Crippen molar-refractivity contribution in [3.63, 3.8) is 0 Å². The number of nitrogens with zero attached hydrogens (tertiary/aromatic N) is 1. The van der Waals surface area contributed by atoms with Crippen molar-refractivity contribution in [2.75, 3.05) is 11.4 Å². The maximum atomic E-state index is 13.6. The molecular weight excluding hydrogens is 260 g/mol. The minimum atomic E-state index is -0.675. The lowest BCUT2D eigenvalue weighted by Gasteiger charge is -2.17. The Morgan fingerprint density at radius 2 is 1.95 bits per heavy atom. The highest BCUT2D eigenvalue weighted by molar-refractivity contribution is 5.96. The van der Waals surface area contributed by atoms with Crippen molar-refractivity contribution in [1.29, 1.82) is 0 Å². The molecule has 0 saturated heterocycles. The highest BCUT2D eigenvalue weighted by atomic mass is 19.1. The molecule has 102 valence electrons. The van der Waals surface area contributed by atoms with E-state index in [-0.39, 0.29) is 17.9 Å². The molecule has 0 aromatic heterocycles. The summed E-state index contributed by atoms with van der Waals surface area (Å²) in [5, 5.41) is 0. The van der Waals surface area contributed by atoms with Gasteiger partial charge in [0.25, 0.3) is 0 Å². The molecule has 20 heavy (non-hydrogen) atoms. The van der Waals surface area contributed by atoms with Crippen molar-refractivity contribution >= 4 is 11.6 Å². The van der Waals surface area contributed by atoms with E-state index in [0.717, 1.165) is 23.7 Å². The van der Waals surface area contributed by atoms with Crippen LogP contribution in [-0.4, -0.2) is 12.5 Å². The molecule has 2 aromatic carbocycles. The van der Waals surface area contributed by atoms with Gasteiger partial charge < -0.3 is 4.90 Å². The molecule has 0 unspecified atom stereocenters. The van der Waals surface area contributed by atoms with Gasteiger partial charge in [0.15, 0.2) is 0 Å². The maximum Gasteiger partial charge on any atom is 0.231 e. The van der Waals surface area contributed by atoms with E-state index in [4.69, 9.17) is 0 Å². The zero-order chi connectivity index (χ0) is 14.1. The minimum Gasteiger partial charge on any atom is -0.312 e. The molecule has 1 aliphatic rings. The summed E-state index contributed by atoms with van der Waals surface area (Å²) >= 11 is 0. The van der Waals surface area contributed by atoms with Crippen LogP contribution in [0.4, 0.5) is 14.5 Å². The van der Waals surface area contributed by atoms with Crippen LogP contribution in [0, 0.1) is 11.6 Å². The van der Waals surface area contributed by atoms with Crippen molar-refractivity contribution < 1.29 is 13.6 Å². The standard InChI is InChI=1S/C16H13F2NO/c17-13-6-5-12(14(18)10-13)9-16(20)19-8-7-11-3-1-2-4-15(11)19/h1-6,10H,7-9H2. The molecule has 0 saturated carbocycles. The summed E-state index contributed by atoms with van der Waals surface area (Å²) in [5.74, 6) is -1.48. The van der Waals surface area contributed by atoms with E-state index in [1.807, 2.05) is 24.3 Å². The zero-order valence-corrected chi connectivity index (χ0v) is 10.8. The molecule has 0 N–H and O–H groups in total. The van der Waals surface area contributed by atoms with E-state index in [9.17, 15) is 13.6 Å². The fraction of sp³-hybridized carbons (Fsp3) is 0.188. The van der Waals surface area contributed by atoms with Crippen LogP contribution in [0.1, 0.15) is 11.1 Å². The summed E-state index contributed by atoms with van der Waals surface area (Å²) in [6, 6.07) is 11.0. The predicted molar refractivity (Wildman–Crippen MR) is 72.6 cm³/mol. The topological polar surface area (TPSA) is 20.3 Å². The normalized spacial score (nSPS) is 13.4. The van der Waals surface area contributed by atoms with Crippen molar-refractivity contribution in [2.45, 2.75) is 12.8 Å². The number of rotatable bonds is 2. The highest BCUT2D eigenvalue weighted by Gasteiger charge is 2.24. The van der Waals surface area contributed by atoms with Crippen LogP contribution < -0.4 is 4.90 Å². The number of hydrogen-bond acceptors (Lipinski definition) is 1. The van der Waals surface area contributed by atoms with Crippen LogP contribution in [0.2, 0.25) is 0 Å². The Hall–Kier alpha value is -2.23. The minimum absolute atomic E-state index is 0.0551. The van der Waals surface area contributed by atoms with E-state index >= 15 is 0 Å². The lowest BCUT2D eigenvalue weighted by Crippen LogP contribution is -2.30. The van der Waals surface area contributed by atoms with Gasteiger partial charge in [-0.1, -0.05) is 24.3 Å². The number of hydrogen-bond donors (Lipinski definition) is 0. The van der Waals surface area contributed by atoms with Crippen LogP contribution >= 0.6 is 0 Å². The fourth-order valence-corrected chi connectivity index (χ4v) is 2.52. The van der Waals surface area contributed by atoms with Gasteiger partial charge >= 0.3 is 0 Å². The average molecular weight is 273 g/mol. The molecule has 1 heterocycles. The number of carbonyl (C=O) groups is 1. The van der Waals surface area contributed by atoms with Gasteiger partial charge in [-0.05, 0) is 29.7 Å². The Bertz CT molecular complexity index is 669. The van der Waals surface area contributed by atoms with Crippen molar-refractivity contribution in [3.05, 3.63) is 65.2 Å². The van der Waals surface area contributed by atoms with Crippen LogP contribution in [0.5, 0.6) is 0 Å². The van der Waals surface area contributed by atoms with Crippen LogP contribution in [0.3, 0.4) is 0 Å². The molecule has 0 aliphatic carbocycles. The molecule has 1 aliphatic heterocycles. The molecule has 0 spiro atoms. The predicted octanol–water partition coefficient (Wildman–Crippen LogP) is 3.10. The second-order valence-corrected chi connectivity index (χ2v) is 4.84. The lowest BCUT2D eigenvalue weighted by molar-refractivity contribution is -0.117. The number of amides is 1. The molecule has 0 atom stereocenters. The number of anilines is 1. The molecular formula is C16H13F2NO. The Balaban J connectivity index is 1.81. The summed E-state index contributed by atoms with van der Waals surface area (Å²) in [5.41, 5.74) is 2.24. The quantitative estimate of drug-likeness (QED) is 0.823. The van der Waals surface area contributed by atoms with Gasteiger partial charge in [0.1, 0.15) is 11.6 Å². The number of fused-ring (bicyclic) bond motifs is 1. The van der Waals surface area contributed by atoms with E-state index < -0.39 is 11.6 Å². The van der Waals surface area contributed by atoms with Crippen LogP contribution in [-0.2, 0) is 17.6 Å². The Morgan fingerprint density at radius 1 is 1.15 bits per heavy atom. The highest BCUT2D eigenvalue weighted by Crippen LogP contribution is 2.28. The summed E-state index contributed by atoms with van der Waals surface area (Å²) < 4.78 is 26.4. The van der Waals surface area contributed by atoms with Gasteiger partial charge in [-0.3, -0.25) is 4.79 Å². The largest absolute Gasteiger partial charge is 0.312 e. The van der Waals surface area contributed by atoms with Crippen molar-refractivity contribution in [1.82, 2.24) is 0 Å². The summed E-state index contributed by atoms with van der Waals surface area (Å²) in [4.78, 5) is 13.9. The van der Waals surface area contributed by atoms with Gasteiger partial charge in [0.2, 0.25) is 5.91 Å². The first kappa shape index (κ1) is 12.8. The smallest absolute Gasteiger partial charge is 0.231 e. The summed E-state index contributed by atoms with van der Waals surface area (Å²) in [6.45, 7) is 0.612. The first-order chi connectivity index (χ1) is 9.65. The maximum absolute atomic E-state index is 13.6. The first-order valence-corrected chi connectivity index (χ1v) is 6.47. The third kappa shape index (κ3) is 2.29. The van der Waals surface area contributed by atoms with E-state index in [1.165, 1.54) is 12.1 Å². The van der Waals surface area contributed by atoms with E-state index in [2.05, 4.69) is 0 Å². The fourth-order valence-electron chi connectivity index (χ4n) is 2.52. The molecule has 2 nitrogen and oxygen atoms in total. The monoisotopic (exact) mass is 273 g/mol. The number of halogens is 2. The Kier molecular flexibility index (Phi) is 3.22. The Morgan fingerprint density at radius 3 is 2.75 bits per heavy atom. The second-order valence-electron chi connectivity index (χ2n) is 4.84. The molecule has 0 bridgehead atoms.